The number of hydrogen-bond donors (Lipinski definition) is 0. The molecule has 1 fully saturated rings. The summed E-state index contributed by atoms with van der Waals surface area (Å²) in [5.41, 5.74) is 0.606. The Balaban J connectivity index is 1.99. The monoisotopic (exact) mass is 266 g/mol. The lowest BCUT2D eigenvalue weighted by atomic mass is 10.4. The molecule has 0 saturated carbocycles. The molecule has 0 bridgehead atoms. The summed E-state index contributed by atoms with van der Waals surface area (Å²) in [6.45, 7) is 5.23. The number of morpholine rings is 1. The molecule has 2 rings (SSSR count). The maximum Gasteiger partial charge on any atom is 0.384 e. The van der Waals surface area contributed by atoms with Gasteiger partial charge in [0.2, 0.25) is 0 Å². The van der Waals surface area contributed by atoms with E-state index < -0.39 is 5.97 Å². The normalized spacial score (nSPS) is 14.8. The van der Waals surface area contributed by atoms with Gasteiger partial charge in [0.15, 0.2) is 5.13 Å². The number of nitrogens with zero attached hydrogens (tertiary/aromatic N) is 2. The van der Waals surface area contributed by atoms with E-state index in [0.29, 0.717) is 12.3 Å². The highest BCUT2D eigenvalue weighted by Crippen LogP contribution is 2.20. The van der Waals surface area contributed by atoms with Crippen LogP contribution in [0.3, 0.4) is 0 Å². The minimum absolute atomic E-state index is 0.337. The van der Waals surface area contributed by atoms with Crippen molar-refractivity contribution in [2.75, 3.05) is 37.8 Å². The van der Waals surface area contributed by atoms with Gasteiger partial charge in [0.1, 0.15) is 5.69 Å². The molecule has 96 valence electrons. The Hall–Kier alpha value is -1.58. The highest BCUT2D eigenvalue weighted by Gasteiger charge is 2.13. The second kappa shape index (κ2) is 6.38. The van der Waals surface area contributed by atoms with Crippen LogP contribution in [0.2, 0.25) is 0 Å². The molecule has 1 aromatic heterocycles. The van der Waals surface area contributed by atoms with Gasteiger partial charge >= 0.3 is 5.97 Å². The molecule has 1 saturated heterocycles. The fourth-order valence-electron chi connectivity index (χ4n) is 1.50. The van der Waals surface area contributed by atoms with Crippen LogP contribution in [0.1, 0.15) is 12.6 Å². The summed E-state index contributed by atoms with van der Waals surface area (Å²) in [7, 11) is 0. The molecule has 1 aromatic rings. The zero-order chi connectivity index (χ0) is 12.8. The van der Waals surface area contributed by atoms with E-state index in [1.807, 2.05) is 5.38 Å². The van der Waals surface area contributed by atoms with Crippen molar-refractivity contribution in [3.8, 4) is 11.8 Å². The SMILES string of the molecule is CCOC(=O)C#Cc1csc(N2CCOCC2)n1. The van der Waals surface area contributed by atoms with Crippen molar-refractivity contribution >= 4 is 22.4 Å². The lowest BCUT2D eigenvalue weighted by Crippen LogP contribution is -2.36. The zero-order valence-corrected chi connectivity index (χ0v) is 11.0. The molecule has 0 spiro atoms. The minimum Gasteiger partial charge on any atom is -0.456 e. The van der Waals surface area contributed by atoms with E-state index in [0.717, 1.165) is 31.4 Å². The molecule has 0 aliphatic carbocycles. The highest BCUT2D eigenvalue weighted by molar-refractivity contribution is 7.13. The van der Waals surface area contributed by atoms with Crippen molar-refractivity contribution in [3.05, 3.63) is 11.1 Å². The van der Waals surface area contributed by atoms with Crippen LogP contribution >= 0.6 is 11.3 Å². The molecule has 0 unspecified atom stereocenters. The molecule has 0 atom stereocenters. The van der Waals surface area contributed by atoms with Crippen LogP contribution in [-0.4, -0.2) is 43.9 Å². The van der Waals surface area contributed by atoms with Crippen molar-refractivity contribution in [1.82, 2.24) is 4.98 Å². The quantitative estimate of drug-likeness (QED) is 0.588. The maximum absolute atomic E-state index is 11.1. The van der Waals surface area contributed by atoms with Crippen LogP contribution in [0.15, 0.2) is 5.38 Å². The second-order valence-corrected chi connectivity index (χ2v) is 4.42. The van der Waals surface area contributed by atoms with Crippen LogP contribution in [0.4, 0.5) is 5.13 Å². The molecular weight excluding hydrogens is 252 g/mol. The number of carbonyl (C=O) groups is 1. The Morgan fingerprint density at radius 1 is 1.61 bits per heavy atom. The van der Waals surface area contributed by atoms with Gasteiger partial charge in [0.05, 0.1) is 19.8 Å². The lowest BCUT2D eigenvalue weighted by Gasteiger charge is -2.25. The first-order chi connectivity index (χ1) is 8.79. The highest BCUT2D eigenvalue weighted by atomic mass is 32.1. The van der Waals surface area contributed by atoms with E-state index in [1.165, 1.54) is 11.3 Å². The van der Waals surface area contributed by atoms with E-state index in [-0.39, 0.29) is 0 Å². The van der Waals surface area contributed by atoms with Crippen LogP contribution in [0.25, 0.3) is 0 Å². The standard InChI is InChI=1S/C12H14N2O3S/c1-2-17-11(15)4-3-10-9-18-12(13-10)14-5-7-16-8-6-14/h9H,2,5-8H2,1H3. The molecule has 18 heavy (non-hydrogen) atoms. The zero-order valence-electron chi connectivity index (χ0n) is 10.1. The van der Waals surface area contributed by atoms with Gasteiger partial charge in [0.25, 0.3) is 0 Å². The number of ether oxygens (including phenoxy) is 2. The average Bonchev–Trinajstić information content (AvgIpc) is 2.87. The number of carbonyl (C=O) groups excluding carboxylic acids is 1. The largest absolute Gasteiger partial charge is 0.456 e. The van der Waals surface area contributed by atoms with E-state index in [2.05, 4.69) is 21.7 Å². The van der Waals surface area contributed by atoms with E-state index >= 15 is 0 Å². The third-order valence-corrected chi connectivity index (χ3v) is 3.24. The first-order valence-electron chi connectivity index (χ1n) is 5.76. The number of aromatic nitrogens is 1. The number of thiazole rings is 1. The molecule has 0 aromatic carbocycles. The average molecular weight is 266 g/mol. The Labute approximate surface area is 110 Å². The number of rotatable bonds is 2. The number of hydrogen-bond acceptors (Lipinski definition) is 6. The topological polar surface area (TPSA) is 51.7 Å². The molecule has 0 N–H and O–H groups in total. The summed E-state index contributed by atoms with van der Waals surface area (Å²) in [4.78, 5) is 17.6. The molecule has 0 amide bonds. The van der Waals surface area contributed by atoms with Gasteiger partial charge in [0, 0.05) is 24.4 Å². The smallest absolute Gasteiger partial charge is 0.384 e. The molecule has 2 heterocycles. The summed E-state index contributed by atoms with van der Waals surface area (Å²) in [5.74, 6) is 4.60. The summed E-state index contributed by atoms with van der Waals surface area (Å²) < 4.78 is 10.0. The fraction of sp³-hybridized carbons (Fsp3) is 0.500. The van der Waals surface area contributed by atoms with Gasteiger partial charge in [-0.25, -0.2) is 9.78 Å². The number of anilines is 1. The van der Waals surface area contributed by atoms with Crippen LogP contribution < -0.4 is 4.90 Å². The number of esters is 1. The van der Waals surface area contributed by atoms with E-state index in [9.17, 15) is 4.79 Å². The van der Waals surface area contributed by atoms with Crippen LogP contribution in [0, 0.1) is 11.8 Å². The maximum atomic E-state index is 11.1. The third-order valence-electron chi connectivity index (χ3n) is 2.34. The molecule has 0 radical (unpaired) electrons. The van der Waals surface area contributed by atoms with Gasteiger partial charge in [-0.05, 0) is 12.8 Å². The van der Waals surface area contributed by atoms with E-state index in [1.54, 1.807) is 6.92 Å². The van der Waals surface area contributed by atoms with Crippen LogP contribution in [0.5, 0.6) is 0 Å². The minimum atomic E-state index is -0.515. The van der Waals surface area contributed by atoms with Crippen molar-refractivity contribution in [3.63, 3.8) is 0 Å². The lowest BCUT2D eigenvalue weighted by molar-refractivity contribution is -0.136. The molecule has 1 aliphatic heterocycles. The van der Waals surface area contributed by atoms with Gasteiger partial charge in [-0.1, -0.05) is 0 Å². The van der Waals surface area contributed by atoms with Gasteiger partial charge < -0.3 is 14.4 Å². The van der Waals surface area contributed by atoms with Crippen molar-refractivity contribution in [2.24, 2.45) is 0 Å². The predicted molar refractivity (Wildman–Crippen MR) is 68.7 cm³/mol. The van der Waals surface area contributed by atoms with Crippen molar-refractivity contribution < 1.29 is 14.3 Å². The van der Waals surface area contributed by atoms with Crippen molar-refractivity contribution in [1.29, 1.82) is 0 Å². The first-order valence-corrected chi connectivity index (χ1v) is 6.64. The first kappa shape index (κ1) is 12.9. The Kier molecular flexibility index (Phi) is 4.56. The van der Waals surface area contributed by atoms with Gasteiger partial charge in [-0.15, -0.1) is 11.3 Å². The van der Waals surface area contributed by atoms with E-state index in [4.69, 9.17) is 9.47 Å². The van der Waals surface area contributed by atoms with Gasteiger partial charge in [-0.3, -0.25) is 0 Å². The Morgan fingerprint density at radius 2 is 2.39 bits per heavy atom. The third kappa shape index (κ3) is 3.45. The summed E-state index contributed by atoms with van der Waals surface area (Å²) in [5, 5.41) is 2.77. The fourth-order valence-corrected chi connectivity index (χ4v) is 2.32. The van der Waals surface area contributed by atoms with Crippen LogP contribution in [-0.2, 0) is 14.3 Å². The van der Waals surface area contributed by atoms with Crippen molar-refractivity contribution in [2.45, 2.75) is 6.92 Å². The molecule has 1 aliphatic rings. The summed E-state index contributed by atoms with van der Waals surface area (Å²) in [6, 6.07) is 0. The molecule has 5 nitrogen and oxygen atoms in total. The summed E-state index contributed by atoms with van der Waals surface area (Å²) in [6.07, 6.45) is 0. The molecule has 6 heteroatoms. The second-order valence-electron chi connectivity index (χ2n) is 3.59. The predicted octanol–water partition coefficient (Wildman–Crippen LogP) is 0.894. The Morgan fingerprint density at radius 3 is 3.11 bits per heavy atom. The Bertz CT molecular complexity index is 469. The molecular formula is C12H14N2O3S. The summed E-state index contributed by atoms with van der Waals surface area (Å²) >= 11 is 1.53. The van der Waals surface area contributed by atoms with Gasteiger partial charge in [-0.2, -0.15) is 0 Å².